The maximum absolute atomic E-state index is 4.73. The molecule has 0 bridgehead atoms. The van der Waals surface area contributed by atoms with E-state index in [1.54, 1.807) is 0 Å². The summed E-state index contributed by atoms with van der Waals surface area (Å²) >= 11 is 4.09. The molecular weight excluding hydrogens is 410 g/mol. The third-order valence-electron chi connectivity index (χ3n) is 4.24. The van der Waals surface area contributed by atoms with Crippen LogP contribution in [0.5, 0.6) is 0 Å². The van der Waals surface area contributed by atoms with Gasteiger partial charge in [-0.1, -0.05) is 0 Å². The predicted octanol–water partition coefficient (Wildman–Crippen LogP) is 1.76. The second kappa shape index (κ2) is 10.9. The normalized spacial score (nSPS) is 11.1. The topological polar surface area (TPSA) is 37.6 Å². The van der Waals surface area contributed by atoms with Crippen molar-refractivity contribution in [1.29, 1.82) is 0 Å². The quantitative estimate of drug-likeness (QED) is 0.433. The average Bonchev–Trinajstić information content (AvgIpc) is 2.67. The van der Waals surface area contributed by atoms with Gasteiger partial charge in [0.15, 0.2) is 0 Å². The molecule has 1 aromatic heterocycles. The van der Waals surface area contributed by atoms with Crippen LogP contribution >= 0.6 is 0 Å². The molecule has 3 nitrogen and oxygen atoms in total. The van der Waals surface area contributed by atoms with Gasteiger partial charge in [-0.05, 0) is 0 Å². The molecule has 0 aliphatic rings. The molecule has 0 spiro atoms. The Balaban J connectivity index is 0.00000280. The standard InChI is InChI=1S/C23H22N3.ClH.Fe/c1-18-8-3-5-12-22(18)24-16-14-20-10-7-11-21(26-20)15-17-25-23-13-6-4-9-19(23)2;;/h3-10,12-13,16-17H,14-15H2,1-2H3;1H;/q;;+1/p-1. The van der Waals surface area contributed by atoms with Crippen molar-refractivity contribution in [2.45, 2.75) is 26.7 Å². The van der Waals surface area contributed by atoms with E-state index < -0.39 is 0 Å². The summed E-state index contributed by atoms with van der Waals surface area (Å²) in [5.41, 5.74) is 6.26. The van der Waals surface area contributed by atoms with Crippen molar-refractivity contribution in [1.82, 2.24) is 4.98 Å². The Morgan fingerprint density at radius 1 is 0.786 bits per heavy atom. The number of aliphatic imine (C=N–C) groups is 2. The van der Waals surface area contributed by atoms with Crippen LogP contribution in [0.1, 0.15) is 22.5 Å². The molecule has 0 saturated heterocycles. The number of rotatable bonds is 6. The van der Waals surface area contributed by atoms with Gasteiger partial charge in [-0.3, -0.25) is 0 Å². The number of aryl methyl sites for hydroxylation is 2. The van der Waals surface area contributed by atoms with E-state index in [9.17, 15) is 0 Å². The summed E-state index contributed by atoms with van der Waals surface area (Å²) in [6, 6.07) is 20.2. The summed E-state index contributed by atoms with van der Waals surface area (Å²) in [4.78, 5) is 13.9. The van der Waals surface area contributed by atoms with Crippen LogP contribution in [0.4, 0.5) is 11.4 Å². The van der Waals surface area contributed by atoms with Gasteiger partial charge in [0.2, 0.25) is 0 Å². The van der Waals surface area contributed by atoms with Gasteiger partial charge in [0.25, 0.3) is 0 Å². The van der Waals surface area contributed by atoms with Crippen LogP contribution in [0.25, 0.3) is 0 Å². The molecule has 0 fully saturated rings. The Bertz CT molecular complexity index is 983. The van der Waals surface area contributed by atoms with Crippen molar-refractivity contribution in [3.8, 4) is 0 Å². The number of nitrogens with zero attached hydrogens (tertiary/aromatic N) is 3. The predicted molar refractivity (Wildman–Crippen MR) is 110 cm³/mol. The number of para-hydroxylation sites is 2. The summed E-state index contributed by atoms with van der Waals surface area (Å²) in [5.74, 6) is 0. The molecule has 5 heteroatoms. The largest absolute Gasteiger partial charge is 1.00 e. The molecule has 28 heavy (non-hydrogen) atoms. The number of halogens is 1. The van der Waals surface area contributed by atoms with Gasteiger partial charge in [-0.15, -0.1) is 0 Å². The van der Waals surface area contributed by atoms with Gasteiger partial charge in [-0.25, -0.2) is 0 Å². The summed E-state index contributed by atoms with van der Waals surface area (Å²) in [6.07, 6.45) is 5.18. The number of aromatic nitrogens is 1. The van der Waals surface area contributed by atoms with Crippen LogP contribution in [-0.4, -0.2) is 17.4 Å². The molecule has 0 aliphatic heterocycles. The first-order chi connectivity index (χ1) is 13.1. The Kier molecular flexibility index (Phi) is 8.59. The summed E-state index contributed by atoms with van der Waals surface area (Å²) in [5, 5.41) is 0. The molecule has 0 unspecified atom stereocenters. The molecular formula is C23H22ClFeN3. The van der Waals surface area contributed by atoms with Crippen molar-refractivity contribution in [3.05, 3.63) is 83.2 Å². The summed E-state index contributed by atoms with van der Waals surface area (Å²) < 4.78 is 0.936. The molecule has 144 valence electrons. The average molecular weight is 432 g/mol. The van der Waals surface area contributed by atoms with E-state index in [0.29, 0.717) is 12.8 Å². The third-order valence-corrected chi connectivity index (χ3v) is 4.74. The monoisotopic (exact) mass is 431 g/mol. The van der Waals surface area contributed by atoms with Crippen molar-refractivity contribution in [2.24, 2.45) is 9.98 Å². The van der Waals surface area contributed by atoms with E-state index in [2.05, 4.69) is 52.0 Å². The van der Waals surface area contributed by atoms with Gasteiger partial charge in [0.05, 0.1) is 0 Å². The minimum Gasteiger partial charge on any atom is -1.00 e. The summed E-state index contributed by atoms with van der Waals surface area (Å²) in [7, 11) is 0. The molecule has 0 radical (unpaired) electrons. The Labute approximate surface area is 181 Å². The second-order valence-corrected chi connectivity index (χ2v) is 6.92. The molecule has 0 N–H and O–H groups in total. The van der Waals surface area contributed by atoms with Gasteiger partial charge in [0, 0.05) is 0 Å². The van der Waals surface area contributed by atoms with Gasteiger partial charge >= 0.3 is 169 Å². The minimum absolute atomic E-state index is 0. The SMILES string of the molecule is Cc1ccccc1N=CCc1cc[c]([Fe+])c(CC=Nc2ccccc2C)n1.[Cl-]. The van der Waals surface area contributed by atoms with Crippen LogP contribution in [-0.2, 0) is 28.9 Å². The molecule has 0 atom stereocenters. The van der Waals surface area contributed by atoms with E-state index in [-0.39, 0.29) is 12.4 Å². The smallest absolute Gasteiger partial charge is 1.00 e. The van der Waals surface area contributed by atoms with Crippen LogP contribution in [0.2, 0.25) is 0 Å². The van der Waals surface area contributed by atoms with Crippen LogP contribution in [0.15, 0.2) is 70.6 Å². The molecule has 3 aromatic rings. The zero-order valence-electron chi connectivity index (χ0n) is 15.9. The molecule has 2 aromatic carbocycles. The second-order valence-electron chi connectivity index (χ2n) is 6.32. The van der Waals surface area contributed by atoms with Crippen molar-refractivity contribution in [3.63, 3.8) is 0 Å². The van der Waals surface area contributed by atoms with E-state index >= 15 is 0 Å². The van der Waals surface area contributed by atoms with E-state index in [1.165, 1.54) is 5.56 Å². The van der Waals surface area contributed by atoms with Crippen molar-refractivity contribution < 1.29 is 28.4 Å². The first-order valence-electron chi connectivity index (χ1n) is 8.93. The third kappa shape index (κ3) is 6.13. The van der Waals surface area contributed by atoms with Gasteiger partial charge in [-0.2, -0.15) is 0 Å². The fourth-order valence-electron chi connectivity index (χ4n) is 2.67. The van der Waals surface area contributed by atoms with Crippen LogP contribution in [0.3, 0.4) is 0 Å². The van der Waals surface area contributed by atoms with Gasteiger partial charge < -0.3 is 12.4 Å². The molecule has 0 saturated carbocycles. The zero-order valence-corrected chi connectivity index (χ0v) is 17.8. The van der Waals surface area contributed by atoms with E-state index in [1.807, 2.05) is 61.0 Å². The fourth-order valence-corrected chi connectivity index (χ4v) is 2.93. The van der Waals surface area contributed by atoms with E-state index in [0.717, 1.165) is 32.8 Å². The Hall–Kier alpha value is -2.26. The number of hydrogen-bond donors (Lipinski definition) is 0. The Morgan fingerprint density at radius 2 is 1.32 bits per heavy atom. The molecule has 1 heterocycles. The number of hydrogen-bond acceptors (Lipinski definition) is 3. The fraction of sp³-hybridized carbons (Fsp3) is 0.174. The first kappa shape index (κ1) is 22.0. The van der Waals surface area contributed by atoms with Crippen LogP contribution < -0.4 is 16.9 Å². The maximum atomic E-state index is 4.73. The molecule has 3 rings (SSSR count). The van der Waals surface area contributed by atoms with Gasteiger partial charge in [0.1, 0.15) is 0 Å². The summed E-state index contributed by atoms with van der Waals surface area (Å²) in [6.45, 7) is 4.13. The van der Waals surface area contributed by atoms with Crippen LogP contribution in [0, 0.1) is 13.8 Å². The molecule has 0 amide bonds. The first-order valence-corrected chi connectivity index (χ1v) is 9.48. The number of benzene rings is 2. The van der Waals surface area contributed by atoms with Crippen molar-refractivity contribution >= 4 is 28.3 Å². The molecule has 0 aliphatic carbocycles. The Morgan fingerprint density at radius 3 is 1.89 bits per heavy atom. The minimum atomic E-state index is 0. The number of pyridine rings is 1. The zero-order chi connectivity index (χ0) is 19.1. The maximum Gasteiger partial charge on any atom is -1.00 e. The van der Waals surface area contributed by atoms with Crippen molar-refractivity contribution in [2.75, 3.05) is 0 Å². The van der Waals surface area contributed by atoms with E-state index in [4.69, 9.17) is 4.98 Å².